The summed E-state index contributed by atoms with van der Waals surface area (Å²) in [6.07, 6.45) is 1.27. The number of benzene rings is 4. The van der Waals surface area contributed by atoms with Gasteiger partial charge in [0.05, 0.1) is 0 Å². The number of aliphatic hydroxyl groups excluding tert-OH is 1. The highest BCUT2D eigenvalue weighted by molar-refractivity contribution is 6.08. The molecule has 0 fully saturated rings. The third kappa shape index (κ3) is 4.33. The minimum absolute atomic E-state index is 0.0400. The van der Waals surface area contributed by atoms with Gasteiger partial charge in [-0.1, -0.05) is 109 Å². The van der Waals surface area contributed by atoms with Crippen LogP contribution in [0, 0.1) is 0 Å². The van der Waals surface area contributed by atoms with Gasteiger partial charge in [-0.3, -0.25) is 4.79 Å². The molecule has 2 heteroatoms. The molecule has 4 aromatic rings. The van der Waals surface area contributed by atoms with Gasteiger partial charge in [-0.15, -0.1) is 0 Å². The van der Waals surface area contributed by atoms with Gasteiger partial charge in [0.15, 0.2) is 5.78 Å². The fourth-order valence-electron chi connectivity index (χ4n) is 3.21. The lowest BCUT2D eigenvalue weighted by Gasteiger charge is -2.05. The van der Waals surface area contributed by atoms with E-state index in [2.05, 4.69) is 0 Å². The van der Waals surface area contributed by atoms with Crippen LogP contribution in [0.15, 0.2) is 115 Å². The predicted molar refractivity (Wildman–Crippen MR) is 119 cm³/mol. The molecule has 0 saturated carbocycles. The smallest absolute Gasteiger partial charge is 0.189 e. The number of carbonyl (C=O) groups is 1. The quantitative estimate of drug-likeness (QED) is 0.236. The minimum atomic E-state index is -0.228. The zero-order valence-corrected chi connectivity index (χ0v) is 15.8. The predicted octanol–water partition coefficient (Wildman–Crippen LogP) is 6.80. The van der Waals surface area contributed by atoms with Crippen LogP contribution in [0.2, 0.25) is 0 Å². The Morgan fingerprint density at radius 1 is 0.517 bits per heavy atom. The van der Waals surface area contributed by atoms with Crippen LogP contribution in [-0.2, 0) is 0 Å². The van der Waals surface area contributed by atoms with E-state index in [1.54, 1.807) is 12.1 Å². The molecule has 0 unspecified atom stereocenters. The van der Waals surface area contributed by atoms with Crippen molar-refractivity contribution in [2.24, 2.45) is 0 Å². The Morgan fingerprint density at radius 3 is 1.34 bits per heavy atom. The molecule has 0 bridgehead atoms. The third-order valence-corrected chi connectivity index (χ3v) is 4.83. The van der Waals surface area contributed by atoms with Crippen LogP contribution in [0.5, 0.6) is 0 Å². The second-order valence-corrected chi connectivity index (χ2v) is 6.78. The van der Waals surface area contributed by atoms with Crippen LogP contribution in [0.3, 0.4) is 0 Å². The first-order valence-corrected chi connectivity index (χ1v) is 9.47. The number of rotatable bonds is 5. The first-order valence-electron chi connectivity index (χ1n) is 9.47. The van der Waals surface area contributed by atoms with Crippen molar-refractivity contribution in [1.29, 1.82) is 0 Å². The van der Waals surface area contributed by atoms with Crippen LogP contribution in [0.4, 0.5) is 0 Å². The summed E-state index contributed by atoms with van der Waals surface area (Å²) in [6, 6.07) is 34.9. The maximum atomic E-state index is 12.5. The fraction of sp³-hybridized carbons (Fsp3) is 0. The van der Waals surface area contributed by atoms with Crippen LogP contribution in [0.25, 0.3) is 28.0 Å². The van der Waals surface area contributed by atoms with Gasteiger partial charge in [0.25, 0.3) is 0 Å². The highest BCUT2D eigenvalue weighted by Gasteiger charge is 2.07. The summed E-state index contributed by atoms with van der Waals surface area (Å²) in [5.41, 5.74) is 5.47. The maximum absolute atomic E-state index is 12.5. The van der Waals surface area contributed by atoms with E-state index in [0.717, 1.165) is 22.3 Å². The van der Waals surface area contributed by atoms with Gasteiger partial charge >= 0.3 is 0 Å². The number of allylic oxidation sites excluding steroid dienone is 1. The van der Waals surface area contributed by atoms with Gasteiger partial charge in [0.1, 0.15) is 5.76 Å². The standard InChI is InChI=1S/C27H20O2/c28-26(24-15-11-22(12-16-24)20-7-3-1-4-8-20)19-27(29)25-17-13-23(14-18-25)21-9-5-2-6-10-21/h1-19,28H/b26-19-. The highest BCUT2D eigenvalue weighted by atomic mass is 16.3. The Morgan fingerprint density at radius 2 is 0.897 bits per heavy atom. The summed E-state index contributed by atoms with van der Waals surface area (Å²) < 4.78 is 0. The van der Waals surface area contributed by atoms with Crippen molar-refractivity contribution < 1.29 is 9.90 Å². The molecule has 0 amide bonds. The molecule has 0 aromatic heterocycles. The SMILES string of the molecule is O=C(/C=C(\O)c1ccc(-c2ccccc2)cc1)c1ccc(-c2ccccc2)cc1. The molecule has 0 aliphatic rings. The van der Waals surface area contributed by atoms with Crippen molar-refractivity contribution in [1.82, 2.24) is 0 Å². The number of hydrogen-bond acceptors (Lipinski definition) is 2. The van der Waals surface area contributed by atoms with Crippen LogP contribution >= 0.6 is 0 Å². The molecule has 0 spiro atoms. The highest BCUT2D eigenvalue weighted by Crippen LogP contribution is 2.23. The molecule has 0 heterocycles. The van der Waals surface area contributed by atoms with Crippen LogP contribution < -0.4 is 0 Å². The monoisotopic (exact) mass is 376 g/mol. The van der Waals surface area contributed by atoms with Gasteiger partial charge < -0.3 is 5.11 Å². The molecule has 140 valence electrons. The summed E-state index contributed by atoms with van der Waals surface area (Å²) in [7, 11) is 0. The Kier molecular flexibility index (Phi) is 5.35. The Labute approximate surface area is 170 Å². The van der Waals surface area contributed by atoms with Crippen molar-refractivity contribution in [3.63, 3.8) is 0 Å². The van der Waals surface area contributed by atoms with E-state index < -0.39 is 0 Å². The lowest BCUT2D eigenvalue weighted by atomic mass is 10.0. The van der Waals surface area contributed by atoms with E-state index in [4.69, 9.17) is 0 Å². The van der Waals surface area contributed by atoms with Gasteiger partial charge in [0, 0.05) is 17.2 Å². The van der Waals surface area contributed by atoms with E-state index in [0.29, 0.717) is 11.1 Å². The van der Waals surface area contributed by atoms with Crippen LogP contribution in [-0.4, -0.2) is 10.9 Å². The van der Waals surface area contributed by atoms with Gasteiger partial charge in [-0.05, 0) is 22.3 Å². The molecule has 2 nitrogen and oxygen atoms in total. The summed E-state index contributed by atoms with van der Waals surface area (Å²) in [6.45, 7) is 0. The molecule has 0 aliphatic heterocycles. The summed E-state index contributed by atoms with van der Waals surface area (Å²) >= 11 is 0. The van der Waals surface area contributed by atoms with Crippen molar-refractivity contribution in [3.05, 3.63) is 126 Å². The normalized spacial score (nSPS) is 11.2. The lowest BCUT2D eigenvalue weighted by Crippen LogP contribution is -1.96. The van der Waals surface area contributed by atoms with Gasteiger partial charge in [-0.2, -0.15) is 0 Å². The lowest BCUT2D eigenvalue weighted by molar-refractivity contribution is 0.104. The molecule has 4 rings (SSSR count). The zero-order valence-electron chi connectivity index (χ0n) is 15.8. The first kappa shape index (κ1) is 18.5. The van der Waals surface area contributed by atoms with E-state index in [-0.39, 0.29) is 11.5 Å². The topological polar surface area (TPSA) is 37.3 Å². The summed E-state index contributed by atoms with van der Waals surface area (Å²) in [5.74, 6) is -0.268. The molecular formula is C27H20O2. The summed E-state index contributed by atoms with van der Waals surface area (Å²) in [4.78, 5) is 12.5. The van der Waals surface area contributed by atoms with Gasteiger partial charge in [-0.25, -0.2) is 0 Å². The second kappa shape index (κ2) is 8.41. The second-order valence-electron chi connectivity index (χ2n) is 6.78. The van der Waals surface area contributed by atoms with Crippen molar-refractivity contribution in [2.45, 2.75) is 0 Å². The van der Waals surface area contributed by atoms with E-state index >= 15 is 0 Å². The first-order chi connectivity index (χ1) is 14.2. The Hall–Kier alpha value is -3.91. The molecule has 0 aliphatic carbocycles. The van der Waals surface area contributed by atoms with Crippen molar-refractivity contribution in [3.8, 4) is 22.3 Å². The van der Waals surface area contributed by atoms with Gasteiger partial charge in [0.2, 0.25) is 0 Å². The molecule has 0 saturated heterocycles. The molecule has 0 atom stereocenters. The fourth-order valence-corrected chi connectivity index (χ4v) is 3.21. The molecule has 0 radical (unpaired) electrons. The Balaban J connectivity index is 1.50. The largest absolute Gasteiger partial charge is 0.507 e. The number of ketones is 1. The van der Waals surface area contributed by atoms with Crippen LogP contribution in [0.1, 0.15) is 15.9 Å². The molecule has 4 aromatic carbocycles. The average molecular weight is 376 g/mol. The minimum Gasteiger partial charge on any atom is -0.507 e. The molecule has 1 N–H and O–H groups in total. The molecular weight excluding hydrogens is 356 g/mol. The van der Waals surface area contributed by atoms with E-state index in [9.17, 15) is 9.90 Å². The summed E-state index contributed by atoms with van der Waals surface area (Å²) in [5, 5.41) is 10.4. The number of carbonyl (C=O) groups excluding carboxylic acids is 1. The van der Waals surface area contributed by atoms with Crippen molar-refractivity contribution >= 4 is 11.5 Å². The maximum Gasteiger partial charge on any atom is 0.189 e. The molecule has 29 heavy (non-hydrogen) atoms. The average Bonchev–Trinajstić information content (AvgIpc) is 2.80. The number of hydrogen-bond donors (Lipinski definition) is 1. The Bertz CT molecular complexity index is 1120. The number of aliphatic hydroxyl groups is 1. The van der Waals surface area contributed by atoms with E-state index in [1.807, 2.05) is 97.1 Å². The van der Waals surface area contributed by atoms with E-state index in [1.165, 1.54) is 6.08 Å². The third-order valence-electron chi connectivity index (χ3n) is 4.83. The van der Waals surface area contributed by atoms with Crippen molar-refractivity contribution in [2.75, 3.05) is 0 Å². The zero-order chi connectivity index (χ0) is 20.1.